The molecule has 0 saturated carbocycles. The number of nitrogens with one attached hydrogen (secondary N) is 1. The van der Waals surface area contributed by atoms with Crippen LogP contribution in [0.2, 0.25) is 0 Å². The van der Waals surface area contributed by atoms with Crippen LogP contribution >= 0.6 is 0 Å². The molecule has 0 heterocycles. The van der Waals surface area contributed by atoms with Crippen LogP contribution in [0.1, 0.15) is 50.7 Å². The molecule has 0 spiro atoms. The minimum Gasteiger partial charge on any atom is -0.481 e. The molecule has 1 aliphatic rings. The molecule has 0 saturated heterocycles. The Kier molecular flexibility index (Phi) is 7.41. The van der Waals surface area contributed by atoms with Gasteiger partial charge in [0.15, 0.2) is 0 Å². The summed E-state index contributed by atoms with van der Waals surface area (Å²) in [5.41, 5.74) is 4.40. The van der Waals surface area contributed by atoms with E-state index in [0.29, 0.717) is 6.54 Å². The quantitative estimate of drug-likeness (QED) is 0.624. The Balaban J connectivity index is 1.65. The van der Waals surface area contributed by atoms with Crippen LogP contribution in [0.25, 0.3) is 11.1 Å². The minimum atomic E-state index is -1.19. The summed E-state index contributed by atoms with van der Waals surface area (Å²) in [4.78, 5) is 38.1. The van der Waals surface area contributed by atoms with Gasteiger partial charge in [-0.05, 0) is 34.1 Å². The summed E-state index contributed by atoms with van der Waals surface area (Å²) in [6.45, 7) is 6.75. The Morgan fingerprint density at radius 3 is 2.09 bits per heavy atom. The number of carboxylic acid groups (broad SMARTS) is 1. The van der Waals surface area contributed by atoms with E-state index in [1.54, 1.807) is 7.05 Å². The molecule has 0 fully saturated rings. The van der Waals surface area contributed by atoms with E-state index >= 15 is 0 Å². The topological polar surface area (TPSA) is 95.9 Å². The average Bonchev–Trinajstić information content (AvgIpc) is 3.08. The van der Waals surface area contributed by atoms with E-state index in [-0.39, 0.29) is 17.9 Å². The maximum Gasteiger partial charge on any atom is 0.407 e. The second-order valence-electron chi connectivity index (χ2n) is 9.69. The highest BCUT2D eigenvalue weighted by atomic mass is 16.5. The fraction of sp³-hybridized carbons (Fsp3) is 0.423. The number of nitrogens with zero attached hydrogens (tertiary/aromatic N) is 1. The molecular weight excluding hydrogens is 420 g/mol. The van der Waals surface area contributed by atoms with Crippen molar-refractivity contribution < 1.29 is 24.2 Å². The van der Waals surface area contributed by atoms with Crippen molar-refractivity contribution in [3.63, 3.8) is 0 Å². The summed E-state index contributed by atoms with van der Waals surface area (Å²) >= 11 is 0. The molecule has 33 heavy (non-hydrogen) atoms. The van der Waals surface area contributed by atoms with Crippen molar-refractivity contribution >= 4 is 18.0 Å². The van der Waals surface area contributed by atoms with Gasteiger partial charge in [-0.1, -0.05) is 69.3 Å². The van der Waals surface area contributed by atoms with Gasteiger partial charge in [0.25, 0.3) is 0 Å². The number of amides is 2. The number of hydrogen-bond acceptors (Lipinski definition) is 4. The molecule has 1 unspecified atom stereocenters. The molecule has 7 heteroatoms. The van der Waals surface area contributed by atoms with Crippen LogP contribution in [0, 0.1) is 5.41 Å². The highest BCUT2D eigenvalue weighted by molar-refractivity contribution is 5.89. The number of hydrogen-bond donors (Lipinski definition) is 2. The maximum absolute atomic E-state index is 12.8. The van der Waals surface area contributed by atoms with Gasteiger partial charge in [-0.25, -0.2) is 4.79 Å². The van der Waals surface area contributed by atoms with Crippen LogP contribution in [-0.4, -0.2) is 54.2 Å². The summed E-state index contributed by atoms with van der Waals surface area (Å²) in [5.74, 6) is -1.74. The number of aliphatic carboxylic acids is 1. The molecule has 2 aromatic carbocycles. The first kappa shape index (κ1) is 24.3. The number of rotatable bonds is 8. The van der Waals surface area contributed by atoms with Gasteiger partial charge in [0.1, 0.15) is 12.6 Å². The number of carbonyl (C=O) groups excluding carboxylic acids is 2. The Hall–Kier alpha value is -3.35. The van der Waals surface area contributed by atoms with E-state index in [1.165, 1.54) is 4.90 Å². The molecule has 7 nitrogen and oxygen atoms in total. The van der Waals surface area contributed by atoms with Gasteiger partial charge < -0.3 is 20.1 Å². The average molecular weight is 453 g/mol. The molecule has 1 atom stereocenters. The van der Waals surface area contributed by atoms with Crippen molar-refractivity contribution in [1.29, 1.82) is 0 Å². The third-order valence-corrected chi connectivity index (χ3v) is 5.89. The van der Waals surface area contributed by atoms with Crippen molar-refractivity contribution in [2.75, 3.05) is 20.2 Å². The second-order valence-corrected chi connectivity index (χ2v) is 9.69. The number of benzene rings is 2. The van der Waals surface area contributed by atoms with Crippen LogP contribution in [-0.2, 0) is 14.3 Å². The zero-order chi connectivity index (χ0) is 24.2. The highest BCUT2D eigenvalue weighted by Crippen LogP contribution is 2.44. The monoisotopic (exact) mass is 452 g/mol. The van der Waals surface area contributed by atoms with E-state index in [4.69, 9.17) is 4.74 Å². The van der Waals surface area contributed by atoms with E-state index in [2.05, 4.69) is 26.1 Å². The lowest BCUT2D eigenvalue weighted by Gasteiger charge is -2.27. The third kappa shape index (κ3) is 6.12. The van der Waals surface area contributed by atoms with E-state index < -0.39 is 30.4 Å². The molecule has 2 aromatic rings. The Morgan fingerprint density at radius 1 is 1.03 bits per heavy atom. The van der Waals surface area contributed by atoms with Crippen LogP contribution in [0.15, 0.2) is 48.5 Å². The molecule has 3 rings (SSSR count). The number of carbonyl (C=O) groups is 3. The van der Waals surface area contributed by atoms with Gasteiger partial charge in [-0.3, -0.25) is 9.59 Å². The maximum atomic E-state index is 12.8. The Bertz CT molecular complexity index is 982. The second kappa shape index (κ2) is 10.1. The van der Waals surface area contributed by atoms with Crippen molar-refractivity contribution in [2.45, 2.75) is 45.6 Å². The van der Waals surface area contributed by atoms with Gasteiger partial charge >= 0.3 is 12.1 Å². The first-order valence-corrected chi connectivity index (χ1v) is 11.1. The van der Waals surface area contributed by atoms with Crippen LogP contribution in [0.4, 0.5) is 4.79 Å². The Morgan fingerprint density at radius 2 is 1.58 bits per heavy atom. The van der Waals surface area contributed by atoms with Crippen molar-refractivity contribution in [2.24, 2.45) is 5.41 Å². The molecule has 0 radical (unpaired) electrons. The number of likely N-dealkylation sites (N-methyl/N-ethyl adjacent to an activating group) is 1. The smallest absolute Gasteiger partial charge is 0.407 e. The number of ether oxygens (including phenoxy) is 1. The first-order valence-electron chi connectivity index (χ1n) is 11.1. The number of fused-ring (bicyclic) bond motifs is 3. The third-order valence-electron chi connectivity index (χ3n) is 5.89. The molecule has 2 amide bonds. The predicted octanol–water partition coefficient (Wildman–Crippen LogP) is 4.26. The summed E-state index contributed by atoms with van der Waals surface area (Å²) < 4.78 is 5.48. The van der Waals surface area contributed by atoms with Crippen molar-refractivity contribution in [3.05, 3.63) is 59.7 Å². The molecule has 1 aliphatic carbocycles. The van der Waals surface area contributed by atoms with Gasteiger partial charge in [-0.15, -0.1) is 0 Å². The normalized spacial score (nSPS) is 13.6. The highest BCUT2D eigenvalue weighted by Gasteiger charge is 2.31. The first-order chi connectivity index (χ1) is 15.6. The van der Waals surface area contributed by atoms with Crippen LogP contribution in [0.5, 0.6) is 0 Å². The van der Waals surface area contributed by atoms with Gasteiger partial charge in [-0.2, -0.15) is 0 Å². The molecule has 0 aliphatic heterocycles. The van der Waals surface area contributed by atoms with Crippen LogP contribution < -0.4 is 5.32 Å². The fourth-order valence-corrected chi connectivity index (χ4v) is 4.04. The summed E-state index contributed by atoms with van der Waals surface area (Å²) in [7, 11) is 1.61. The lowest BCUT2D eigenvalue weighted by atomic mass is 9.92. The van der Waals surface area contributed by atoms with E-state index in [1.807, 2.05) is 48.5 Å². The summed E-state index contributed by atoms with van der Waals surface area (Å²) in [6, 6.07) is 14.8. The molecular formula is C26H32N2O5. The number of carboxylic acids is 1. The summed E-state index contributed by atoms with van der Waals surface area (Å²) in [5, 5.41) is 11.7. The largest absolute Gasteiger partial charge is 0.481 e. The fourth-order valence-electron chi connectivity index (χ4n) is 4.04. The number of alkyl carbamates (subject to hydrolysis) is 1. The van der Waals surface area contributed by atoms with E-state index in [0.717, 1.165) is 28.7 Å². The van der Waals surface area contributed by atoms with Crippen molar-refractivity contribution in [1.82, 2.24) is 10.2 Å². The van der Waals surface area contributed by atoms with Gasteiger partial charge in [0.2, 0.25) is 5.91 Å². The van der Waals surface area contributed by atoms with Gasteiger partial charge in [0, 0.05) is 19.5 Å². The predicted molar refractivity (Wildman–Crippen MR) is 126 cm³/mol. The lowest BCUT2D eigenvalue weighted by molar-refractivity contribution is -0.142. The van der Waals surface area contributed by atoms with Crippen LogP contribution in [0.3, 0.4) is 0 Å². The lowest BCUT2D eigenvalue weighted by Crippen LogP contribution is -2.49. The van der Waals surface area contributed by atoms with E-state index in [9.17, 15) is 19.5 Å². The molecule has 2 N–H and O–H groups in total. The van der Waals surface area contributed by atoms with Gasteiger partial charge in [0.05, 0.1) is 6.42 Å². The Labute approximate surface area is 194 Å². The molecule has 176 valence electrons. The minimum absolute atomic E-state index is 0.0249. The standard InChI is InChI=1S/C26H32N2O5/c1-26(2,3)13-14-28(4)24(31)22(15-23(29)30)27-25(32)33-16-21-19-11-7-5-9-17(19)18-10-6-8-12-20(18)21/h5-12,21-22H,13-16H2,1-4H3,(H,27,32)(H,29,30). The zero-order valence-electron chi connectivity index (χ0n) is 19.6. The molecule has 0 aromatic heterocycles. The zero-order valence-corrected chi connectivity index (χ0v) is 19.6. The van der Waals surface area contributed by atoms with Crippen molar-refractivity contribution in [3.8, 4) is 11.1 Å². The molecule has 0 bridgehead atoms. The SMILES string of the molecule is CN(CCC(C)(C)C)C(=O)C(CC(=O)O)NC(=O)OCC1c2ccccc2-c2ccccc21. The summed E-state index contributed by atoms with van der Waals surface area (Å²) in [6.07, 6.45) is -0.566.